The van der Waals surface area contributed by atoms with Crippen LogP contribution in [0.25, 0.3) is 0 Å². The first kappa shape index (κ1) is 13.4. The highest BCUT2D eigenvalue weighted by molar-refractivity contribution is 9.10. The van der Waals surface area contributed by atoms with Gasteiger partial charge < -0.3 is 15.8 Å². The van der Waals surface area contributed by atoms with Crippen molar-refractivity contribution in [2.45, 2.75) is 0 Å². The Morgan fingerprint density at radius 3 is 2.63 bits per heavy atom. The Hall–Kier alpha value is -2.01. The van der Waals surface area contributed by atoms with Crippen molar-refractivity contribution in [2.75, 3.05) is 17.7 Å². The predicted molar refractivity (Wildman–Crippen MR) is 79.1 cm³/mol. The number of ether oxygens (including phenoxy) is 1. The van der Waals surface area contributed by atoms with E-state index in [1.807, 2.05) is 24.3 Å². The predicted octanol–water partition coefficient (Wildman–Crippen LogP) is 3.05. The Labute approximate surface area is 119 Å². The van der Waals surface area contributed by atoms with Gasteiger partial charge in [0.05, 0.1) is 0 Å². The number of nitrogens with two attached hydrogens (primary N) is 1. The van der Waals surface area contributed by atoms with Gasteiger partial charge >= 0.3 is 0 Å². The van der Waals surface area contributed by atoms with Crippen LogP contribution >= 0.6 is 15.9 Å². The fourth-order valence-corrected chi connectivity index (χ4v) is 1.75. The van der Waals surface area contributed by atoms with Gasteiger partial charge in [-0.3, -0.25) is 4.79 Å². The lowest BCUT2D eigenvalue weighted by molar-refractivity contribution is -0.118. The topological polar surface area (TPSA) is 64.3 Å². The molecule has 0 aliphatic carbocycles. The van der Waals surface area contributed by atoms with Crippen molar-refractivity contribution >= 4 is 33.2 Å². The SMILES string of the molecule is Nc1cccc(OCC(=O)Nc2ccc(Br)cc2)c1. The third-order valence-electron chi connectivity index (χ3n) is 2.36. The number of anilines is 2. The average molecular weight is 321 g/mol. The molecule has 0 heterocycles. The summed E-state index contributed by atoms with van der Waals surface area (Å²) in [5.74, 6) is 0.357. The number of hydrogen-bond donors (Lipinski definition) is 2. The summed E-state index contributed by atoms with van der Waals surface area (Å²) in [4.78, 5) is 11.7. The van der Waals surface area contributed by atoms with Gasteiger partial charge in [-0.05, 0) is 36.4 Å². The summed E-state index contributed by atoms with van der Waals surface area (Å²) in [6, 6.07) is 14.3. The van der Waals surface area contributed by atoms with E-state index in [1.54, 1.807) is 24.3 Å². The van der Waals surface area contributed by atoms with E-state index in [0.29, 0.717) is 11.4 Å². The third kappa shape index (κ3) is 4.30. The standard InChI is InChI=1S/C14H13BrN2O2/c15-10-4-6-12(7-5-10)17-14(18)9-19-13-3-1-2-11(16)8-13/h1-8H,9,16H2,(H,17,18). The maximum atomic E-state index is 11.7. The van der Waals surface area contributed by atoms with Gasteiger partial charge in [0.15, 0.2) is 6.61 Å². The zero-order valence-electron chi connectivity index (χ0n) is 10.1. The lowest BCUT2D eigenvalue weighted by Crippen LogP contribution is -2.20. The molecular formula is C14H13BrN2O2. The van der Waals surface area contributed by atoms with Crippen molar-refractivity contribution in [3.63, 3.8) is 0 Å². The number of hydrogen-bond acceptors (Lipinski definition) is 3. The van der Waals surface area contributed by atoms with Gasteiger partial charge in [-0.2, -0.15) is 0 Å². The molecule has 4 nitrogen and oxygen atoms in total. The number of nitrogens with one attached hydrogen (secondary N) is 1. The summed E-state index contributed by atoms with van der Waals surface area (Å²) in [6.07, 6.45) is 0. The lowest BCUT2D eigenvalue weighted by Gasteiger charge is -2.08. The largest absolute Gasteiger partial charge is 0.484 e. The summed E-state index contributed by atoms with van der Waals surface area (Å²) in [6.45, 7) is -0.0560. The fourth-order valence-electron chi connectivity index (χ4n) is 1.48. The monoisotopic (exact) mass is 320 g/mol. The van der Waals surface area contributed by atoms with Crippen LogP contribution in [0.2, 0.25) is 0 Å². The number of halogens is 1. The second-order valence-electron chi connectivity index (χ2n) is 3.92. The quantitative estimate of drug-likeness (QED) is 0.851. The Bertz CT molecular complexity index is 570. The van der Waals surface area contributed by atoms with Crippen LogP contribution in [0.1, 0.15) is 0 Å². The molecule has 2 aromatic carbocycles. The highest BCUT2D eigenvalue weighted by atomic mass is 79.9. The molecule has 0 saturated carbocycles. The van der Waals surface area contributed by atoms with Crippen LogP contribution in [-0.2, 0) is 4.79 Å². The van der Waals surface area contributed by atoms with Crippen molar-refractivity contribution < 1.29 is 9.53 Å². The Morgan fingerprint density at radius 1 is 1.21 bits per heavy atom. The minimum absolute atomic E-state index is 0.0560. The van der Waals surface area contributed by atoms with Gasteiger partial charge in [0.1, 0.15) is 5.75 Å². The van der Waals surface area contributed by atoms with Crippen LogP contribution in [0.15, 0.2) is 53.0 Å². The zero-order chi connectivity index (χ0) is 13.7. The molecule has 0 aromatic heterocycles. The fraction of sp³-hybridized carbons (Fsp3) is 0.0714. The van der Waals surface area contributed by atoms with Gasteiger partial charge in [0.2, 0.25) is 0 Å². The molecule has 0 radical (unpaired) electrons. The first-order valence-corrected chi connectivity index (χ1v) is 6.46. The molecule has 19 heavy (non-hydrogen) atoms. The number of benzene rings is 2. The van der Waals surface area contributed by atoms with Gasteiger partial charge in [-0.1, -0.05) is 22.0 Å². The van der Waals surface area contributed by atoms with Crippen molar-refractivity contribution in [1.29, 1.82) is 0 Å². The Kier molecular flexibility index (Phi) is 4.41. The molecule has 2 rings (SSSR count). The molecule has 5 heteroatoms. The molecular weight excluding hydrogens is 308 g/mol. The van der Waals surface area contributed by atoms with Crippen LogP contribution in [0.4, 0.5) is 11.4 Å². The number of amides is 1. The maximum absolute atomic E-state index is 11.7. The summed E-state index contributed by atoms with van der Waals surface area (Å²) in [5, 5.41) is 2.74. The molecule has 0 bridgehead atoms. The zero-order valence-corrected chi connectivity index (χ0v) is 11.7. The Morgan fingerprint density at radius 2 is 1.95 bits per heavy atom. The Balaban J connectivity index is 1.86. The van der Waals surface area contributed by atoms with Crippen LogP contribution in [0.5, 0.6) is 5.75 Å². The molecule has 0 fully saturated rings. The normalized spacial score (nSPS) is 9.95. The maximum Gasteiger partial charge on any atom is 0.262 e. The first-order chi connectivity index (χ1) is 9.13. The van der Waals surface area contributed by atoms with Gasteiger partial charge in [0.25, 0.3) is 5.91 Å². The van der Waals surface area contributed by atoms with Gasteiger partial charge in [0, 0.05) is 21.9 Å². The summed E-state index contributed by atoms with van der Waals surface area (Å²) >= 11 is 3.33. The molecule has 1 amide bonds. The third-order valence-corrected chi connectivity index (χ3v) is 2.88. The van der Waals surface area contributed by atoms with E-state index in [2.05, 4.69) is 21.2 Å². The second-order valence-corrected chi connectivity index (χ2v) is 4.83. The number of carbonyl (C=O) groups excluding carboxylic acids is 1. The molecule has 0 unspecified atom stereocenters. The number of carbonyl (C=O) groups is 1. The first-order valence-electron chi connectivity index (χ1n) is 5.67. The van der Waals surface area contributed by atoms with E-state index in [1.165, 1.54) is 0 Å². The van der Waals surface area contributed by atoms with Crippen molar-refractivity contribution in [3.05, 3.63) is 53.0 Å². The minimum Gasteiger partial charge on any atom is -0.484 e. The highest BCUT2D eigenvalue weighted by Gasteiger charge is 2.03. The van der Waals surface area contributed by atoms with E-state index in [0.717, 1.165) is 10.2 Å². The van der Waals surface area contributed by atoms with Crippen LogP contribution in [0.3, 0.4) is 0 Å². The molecule has 0 atom stereocenters. The van der Waals surface area contributed by atoms with E-state index >= 15 is 0 Å². The number of rotatable bonds is 4. The van der Waals surface area contributed by atoms with E-state index in [-0.39, 0.29) is 12.5 Å². The van der Waals surface area contributed by atoms with E-state index in [4.69, 9.17) is 10.5 Å². The second kappa shape index (κ2) is 6.24. The summed E-state index contributed by atoms with van der Waals surface area (Å²) in [5.41, 5.74) is 6.95. The minimum atomic E-state index is -0.218. The highest BCUT2D eigenvalue weighted by Crippen LogP contribution is 2.15. The molecule has 0 aliphatic heterocycles. The van der Waals surface area contributed by atoms with Crippen LogP contribution in [-0.4, -0.2) is 12.5 Å². The molecule has 3 N–H and O–H groups in total. The smallest absolute Gasteiger partial charge is 0.262 e. The van der Waals surface area contributed by atoms with Crippen molar-refractivity contribution in [2.24, 2.45) is 0 Å². The summed E-state index contributed by atoms with van der Waals surface area (Å²) < 4.78 is 6.30. The number of nitrogen functional groups attached to an aromatic ring is 1. The molecule has 0 spiro atoms. The van der Waals surface area contributed by atoms with Crippen LogP contribution < -0.4 is 15.8 Å². The van der Waals surface area contributed by atoms with Gasteiger partial charge in [-0.15, -0.1) is 0 Å². The van der Waals surface area contributed by atoms with E-state index in [9.17, 15) is 4.79 Å². The van der Waals surface area contributed by atoms with E-state index < -0.39 is 0 Å². The van der Waals surface area contributed by atoms with Crippen LogP contribution in [0, 0.1) is 0 Å². The molecule has 98 valence electrons. The van der Waals surface area contributed by atoms with Crippen molar-refractivity contribution in [1.82, 2.24) is 0 Å². The average Bonchev–Trinajstić information content (AvgIpc) is 2.39. The molecule has 0 saturated heterocycles. The molecule has 2 aromatic rings. The van der Waals surface area contributed by atoms with Crippen molar-refractivity contribution in [3.8, 4) is 5.75 Å². The van der Waals surface area contributed by atoms with Gasteiger partial charge in [-0.25, -0.2) is 0 Å². The summed E-state index contributed by atoms with van der Waals surface area (Å²) in [7, 11) is 0. The molecule has 0 aliphatic rings. The lowest BCUT2D eigenvalue weighted by atomic mass is 10.3.